The Balaban J connectivity index is 1.61. The molecule has 1 aromatic carbocycles. The van der Waals surface area contributed by atoms with Gasteiger partial charge in [-0.15, -0.1) is 0 Å². The van der Waals surface area contributed by atoms with E-state index in [0.717, 1.165) is 32.8 Å². The van der Waals surface area contributed by atoms with Crippen LogP contribution in [0.15, 0.2) is 89.8 Å². The molecule has 2 atom stereocenters. The normalized spacial score (nSPS) is 18.1. The van der Waals surface area contributed by atoms with Crippen LogP contribution in [0.2, 0.25) is 0 Å². The van der Waals surface area contributed by atoms with Crippen LogP contribution in [0.5, 0.6) is 0 Å². The number of hydrogen-bond donors (Lipinski definition) is 1. The Morgan fingerprint density at radius 3 is 2.53 bits per heavy atom. The first-order valence-electron chi connectivity index (χ1n) is 10.4. The molecule has 0 bridgehead atoms. The van der Waals surface area contributed by atoms with Crippen LogP contribution < -0.4 is 10.2 Å². The summed E-state index contributed by atoms with van der Waals surface area (Å²) in [6.45, 7) is 2.78. The molecule has 4 aromatic rings. The lowest BCUT2D eigenvalue weighted by molar-refractivity contribution is 0.532. The van der Waals surface area contributed by atoms with Gasteiger partial charge in [-0.1, -0.05) is 28.1 Å². The molecule has 5 rings (SSSR count). The van der Waals surface area contributed by atoms with Crippen LogP contribution in [-0.2, 0) is 6.54 Å². The smallest absolute Gasteiger partial charge is 0.174 e. The van der Waals surface area contributed by atoms with Crippen molar-refractivity contribution in [3.05, 3.63) is 112 Å². The average molecular weight is 504 g/mol. The topological polar surface area (TPSA) is 46.0 Å². The van der Waals surface area contributed by atoms with E-state index in [0.29, 0.717) is 11.7 Å². The number of pyridine rings is 2. The van der Waals surface area contributed by atoms with Gasteiger partial charge in [0.2, 0.25) is 0 Å². The van der Waals surface area contributed by atoms with Crippen LogP contribution in [0.3, 0.4) is 0 Å². The minimum Gasteiger partial charge on any atom is -0.351 e. The van der Waals surface area contributed by atoms with Crippen LogP contribution in [0.1, 0.15) is 34.7 Å². The lowest BCUT2D eigenvalue weighted by Gasteiger charge is -2.29. The summed E-state index contributed by atoms with van der Waals surface area (Å²) in [6.07, 6.45) is 5.76. The first-order valence-corrected chi connectivity index (χ1v) is 11.6. The third-order valence-electron chi connectivity index (χ3n) is 5.74. The molecule has 1 saturated heterocycles. The van der Waals surface area contributed by atoms with Gasteiger partial charge in [0.25, 0.3) is 0 Å². The van der Waals surface area contributed by atoms with Crippen molar-refractivity contribution in [2.75, 3.05) is 4.90 Å². The third-order valence-corrected chi connectivity index (χ3v) is 6.95. The van der Waals surface area contributed by atoms with Crippen molar-refractivity contribution in [1.82, 2.24) is 19.9 Å². The standard InChI is InChI=1S/C25H22BrN5S/c1-17-15-19(10-11-20(17)26)31-24(23(29-25(31)32)21-8-3-5-13-28-21)22-9-6-14-30(22)16-18-7-2-4-12-27-18/h2-15,23-24H,16H2,1H3,(H,29,32)/t23-,24-/m1/s1. The van der Waals surface area contributed by atoms with Gasteiger partial charge in [0.15, 0.2) is 5.11 Å². The number of anilines is 1. The summed E-state index contributed by atoms with van der Waals surface area (Å²) in [4.78, 5) is 11.4. The second-order valence-electron chi connectivity index (χ2n) is 7.81. The van der Waals surface area contributed by atoms with Gasteiger partial charge >= 0.3 is 0 Å². The third kappa shape index (κ3) is 3.94. The van der Waals surface area contributed by atoms with Crippen molar-refractivity contribution in [2.24, 2.45) is 0 Å². The fourth-order valence-corrected chi connectivity index (χ4v) is 4.81. The molecule has 0 aliphatic carbocycles. The zero-order valence-electron chi connectivity index (χ0n) is 17.5. The highest BCUT2D eigenvalue weighted by atomic mass is 79.9. The van der Waals surface area contributed by atoms with Gasteiger partial charge in [-0.2, -0.15) is 0 Å². The van der Waals surface area contributed by atoms with Crippen molar-refractivity contribution in [3.63, 3.8) is 0 Å². The van der Waals surface area contributed by atoms with Crippen molar-refractivity contribution in [1.29, 1.82) is 0 Å². The Labute approximate surface area is 201 Å². The highest BCUT2D eigenvalue weighted by molar-refractivity contribution is 9.10. The van der Waals surface area contributed by atoms with Gasteiger partial charge in [0, 0.05) is 34.4 Å². The van der Waals surface area contributed by atoms with E-state index in [9.17, 15) is 0 Å². The first-order chi connectivity index (χ1) is 15.6. The van der Waals surface area contributed by atoms with Crippen molar-refractivity contribution in [2.45, 2.75) is 25.6 Å². The second-order valence-corrected chi connectivity index (χ2v) is 9.05. The molecule has 1 N–H and O–H groups in total. The molecular formula is C25H22BrN5S. The van der Waals surface area contributed by atoms with E-state index < -0.39 is 0 Å². The molecule has 1 aliphatic rings. The maximum Gasteiger partial charge on any atom is 0.174 e. The van der Waals surface area contributed by atoms with Gasteiger partial charge in [0.05, 0.1) is 24.0 Å². The number of halogens is 1. The van der Waals surface area contributed by atoms with E-state index in [1.807, 2.05) is 42.7 Å². The molecular weight excluding hydrogens is 482 g/mol. The zero-order valence-corrected chi connectivity index (χ0v) is 19.9. The van der Waals surface area contributed by atoms with E-state index in [2.05, 4.69) is 90.2 Å². The second kappa shape index (κ2) is 8.84. The first kappa shape index (κ1) is 20.8. The van der Waals surface area contributed by atoms with E-state index in [-0.39, 0.29) is 12.1 Å². The molecule has 160 valence electrons. The number of hydrogen-bond acceptors (Lipinski definition) is 3. The summed E-state index contributed by atoms with van der Waals surface area (Å²) >= 11 is 9.47. The summed E-state index contributed by atoms with van der Waals surface area (Å²) in [5.74, 6) is 0. The Hall–Kier alpha value is -3.03. The molecule has 0 radical (unpaired) electrons. The Morgan fingerprint density at radius 2 is 1.81 bits per heavy atom. The minimum absolute atomic E-state index is 0.0586. The van der Waals surface area contributed by atoms with Gasteiger partial charge in [-0.05, 0) is 79.3 Å². The Bertz CT molecular complexity index is 1240. The van der Waals surface area contributed by atoms with Crippen molar-refractivity contribution >= 4 is 38.9 Å². The molecule has 32 heavy (non-hydrogen) atoms. The summed E-state index contributed by atoms with van der Waals surface area (Å²) in [5.41, 5.74) is 5.34. The molecule has 4 heterocycles. The highest BCUT2D eigenvalue weighted by Gasteiger charge is 2.42. The number of thiocarbonyl (C=S) groups is 1. The molecule has 7 heteroatoms. The molecule has 0 unspecified atom stereocenters. The summed E-state index contributed by atoms with van der Waals surface area (Å²) in [6, 6.07) is 22.5. The fourth-order valence-electron chi connectivity index (χ4n) is 4.22. The van der Waals surface area contributed by atoms with Crippen LogP contribution >= 0.6 is 28.1 Å². The predicted octanol–water partition coefficient (Wildman–Crippen LogP) is 5.57. The molecule has 0 amide bonds. The summed E-state index contributed by atoms with van der Waals surface area (Å²) in [5, 5.41) is 4.23. The average Bonchev–Trinajstić information content (AvgIpc) is 3.40. The molecule has 1 aliphatic heterocycles. The lowest BCUT2D eigenvalue weighted by atomic mass is 10.0. The van der Waals surface area contributed by atoms with E-state index >= 15 is 0 Å². The van der Waals surface area contributed by atoms with Crippen LogP contribution in [0.4, 0.5) is 5.69 Å². The predicted molar refractivity (Wildman–Crippen MR) is 135 cm³/mol. The van der Waals surface area contributed by atoms with Crippen molar-refractivity contribution < 1.29 is 0 Å². The SMILES string of the molecule is Cc1cc(N2C(=S)N[C@H](c3ccccn3)[C@H]2c2cccn2Cc2ccccn2)ccc1Br. The van der Waals surface area contributed by atoms with E-state index in [1.165, 1.54) is 0 Å². The van der Waals surface area contributed by atoms with Gasteiger partial charge in [-0.25, -0.2) is 0 Å². The maximum atomic E-state index is 5.85. The van der Waals surface area contributed by atoms with Crippen LogP contribution in [-0.4, -0.2) is 19.6 Å². The number of aryl methyl sites for hydroxylation is 1. The van der Waals surface area contributed by atoms with Gasteiger partial charge in [0.1, 0.15) is 6.04 Å². The quantitative estimate of drug-likeness (QED) is 0.360. The summed E-state index contributed by atoms with van der Waals surface area (Å²) in [7, 11) is 0. The molecule has 5 nitrogen and oxygen atoms in total. The van der Waals surface area contributed by atoms with Crippen LogP contribution in [0.25, 0.3) is 0 Å². The molecule has 3 aromatic heterocycles. The van der Waals surface area contributed by atoms with E-state index in [1.54, 1.807) is 0 Å². The van der Waals surface area contributed by atoms with Crippen molar-refractivity contribution in [3.8, 4) is 0 Å². The Kier molecular flexibility index (Phi) is 5.76. The summed E-state index contributed by atoms with van der Waals surface area (Å²) < 4.78 is 3.33. The molecule has 1 fully saturated rings. The number of aromatic nitrogens is 3. The zero-order chi connectivity index (χ0) is 22.1. The molecule has 0 spiro atoms. The number of nitrogens with one attached hydrogen (secondary N) is 1. The number of benzene rings is 1. The number of nitrogens with zero attached hydrogens (tertiary/aromatic N) is 4. The van der Waals surface area contributed by atoms with Gasteiger partial charge in [-0.3, -0.25) is 9.97 Å². The highest BCUT2D eigenvalue weighted by Crippen LogP contribution is 2.42. The number of rotatable bonds is 5. The fraction of sp³-hybridized carbons (Fsp3) is 0.160. The lowest BCUT2D eigenvalue weighted by Crippen LogP contribution is -2.30. The van der Waals surface area contributed by atoms with Gasteiger partial charge < -0.3 is 14.8 Å². The van der Waals surface area contributed by atoms with Crippen LogP contribution in [0, 0.1) is 6.92 Å². The minimum atomic E-state index is -0.0787. The molecule has 0 saturated carbocycles. The Morgan fingerprint density at radius 1 is 1.00 bits per heavy atom. The maximum absolute atomic E-state index is 5.85. The van der Waals surface area contributed by atoms with E-state index in [4.69, 9.17) is 12.2 Å². The monoisotopic (exact) mass is 503 g/mol. The largest absolute Gasteiger partial charge is 0.351 e.